The molecule has 94 valence electrons. The number of esters is 1. The molecule has 1 atom stereocenters. The summed E-state index contributed by atoms with van der Waals surface area (Å²) < 4.78 is 6.20. The second-order valence-corrected chi connectivity index (χ2v) is 3.95. The van der Waals surface area contributed by atoms with Gasteiger partial charge in [-0.3, -0.25) is 4.79 Å². The highest BCUT2D eigenvalue weighted by molar-refractivity contribution is 5.94. The summed E-state index contributed by atoms with van der Waals surface area (Å²) in [6.45, 7) is 1.75. The number of rotatable bonds is 4. The van der Waals surface area contributed by atoms with E-state index in [0.717, 1.165) is 0 Å². The number of nitrogens with one attached hydrogen (secondary N) is 1. The number of carbonyl (C=O) groups excluding carboxylic acids is 2. The van der Waals surface area contributed by atoms with Gasteiger partial charge in [0.15, 0.2) is 0 Å². The number of aryl methyl sites for hydroxylation is 1. The number of nitrogens with two attached hydrogens (primary N) is 1. The van der Waals surface area contributed by atoms with Gasteiger partial charge in [-0.1, -0.05) is 0 Å². The highest BCUT2D eigenvalue weighted by Crippen LogP contribution is 2.14. The van der Waals surface area contributed by atoms with Crippen LogP contribution in [0.4, 0.5) is 5.69 Å². The first-order valence-corrected chi connectivity index (χ1v) is 5.24. The molecule has 0 aliphatic heterocycles. The minimum atomic E-state index is -0.444. The molecule has 0 bridgehead atoms. The van der Waals surface area contributed by atoms with Crippen LogP contribution < -0.4 is 11.1 Å². The summed E-state index contributed by atoms with van der Waals surface area (Å²) in [5.74, 6) is -0.623. The molecule has 1 heterocycles. The Morgan fingerprint density at radius 1 is 1.59 bits per heavy atom. The van der Waals surface area contributed by atoms with Crippen molar-refractivity contribution in [3.63, 3.8) is 0 Å². The smallest absolute Gasteiger partial charge is 0.354 e. The van der Waals surface area contributed by atoms with Crippen LogP contribution in [0.2, 0.25) is 0 Å². The number of amides is 1. The van der Waals surface area contributed by atoms with Crippen LogP contribution in [0.3, 0.4) is 0 Å². The molecule has 0 aliphatic carbocycles. The lowest BCUT2D eigenvalue weighted by atomic mass is 10.2. The van der Waals surface area contributed by atoms with Crippen molar-refractivity contribution < 1.29 is 14.3 Å². The van der Waals surface area contributed by atoms with Crippen molar-refractivity contribution in [3.8, 4) is 0 Å². The minimum Gasteiger partial charge on any atom is -0.464 e. The number of anilines is 1. The molecule has 1 unspecified atom stereocenters. The van der Waals surface area contributed by atoms with Gasteiger partial charge in [-0.2, -0.15) is 0 Å². The molecule has 0 aliphatic rings. The van der Waals surface area contributed by atoms with E-state index >= 15 is 0 Å². The maximum atomic E-state index is 11.5. The molecular formula is C11H17N3O3. The summed E-state index contributed by atoms with van der Waals surface area (Å²) in [5.41, 5.74) is 6.44. The minimum absolute atomic E-state index is 0.179. The Hall–Kier alpha value is -1.82. The summed E-state index contributed by atoms with van der Waals surface area (Å²) >= 11 is 0. The van der Waals surface area contributed by atoms with Crippen LogP contribution >= 0.6 is 0 Å². The SMILES string of the molecule is COC(=O)c1cc(NC(=O)CC(C)N)cn1C. The van der Waals surface area contributed by atoms with Crippen molar-refractivity contribution in [2.75, 3.05) is 12.4 Å². The van der Waals surface area contributed by atoms with Gasteiger partial charge in [0.1, 0.15) is 5.69 Å². The quantitative estimate of drug-likeness (QED) is 0.748. The fourth-order valence-electron chi connectivity index (χ4n) is 1.44. The first kappa shape index (κ1) is 13.2. The molecule has 1 aromatic rings. The monoisotopic (exact) mass is 239 g/mol. The van der Waals surface area contributed by atoms with E-state index in [1.54, 1.807) is 30.8 Å². The Kier molecular flexibility index (Phi) is 4.28. The Balaban J connectivity index is 2.74. The third-order valence-corrected chi connectivity index (χ3v) is 2.19. The van der Waals surface area contributed by atoms with E-state index in [4.69, 9.17) is 5.73 Å². The zero-order chi connectivity index (χ0) is 13.0. The molecule has 1 rings (SSSR count). The second kappa shape index (κ2) is 5.49. The van der Waals surface area contributed by atoms with Crippen molar-refractivity contribution >= 4 is 17.6 Å². The second-order valence-electron chi connectivity index (χ2n) is 3.95. The van der Waals surface area contributed by atoms with Crippen LogP contribution in [0.25, 0.3) is 0 Å². The summed E-state index contributed by atoms with van der Waals surface area (Å²) in [7, 11) is 3.01. The van der Waals surface area contributed by atoms with E-state index < -0.39 is 5.97 Å². The van der Waals surface area contributed by atoms with Gasteiger partial charge in [0.25, 0.3) is 0 Å². The third kappa shape index (κ3) is 3.60. The summed E-state index contributed by atoms with van der Waals surface area (Å²) in [4.78, 5) is 22.8. The number of ether oxygens (including phenoxy) is 1. The van der Waals surface area contributed by atoms with Gasteiger partial charge in [0, 0.05) is 25.7 Å². The molecule has 1 aromatic heterocycles. The largest absolute Gasteiger partial charge is 0.464 e. The topological polar surface area (TPSA) is 86.3 Å². The van der Waals surface area contributed by atoms with Crippen molar-refractivity contribution in [2.45, 2.75) is 19.4 Å². The number of hydrogen-bond acceptors (Lipinski definition) is 4. The zero-order valence-electron chi connectivity index (χ0n) is 10.2. The number of aromatic nitrogens is 1. The molecule has 0 spiro atoms. The van der Waals surface area contributed by atoms with Gasteiger partial charge in [-0.15, -0.1) is 0 Å². The summed E-state index contributed by atoms with van der Waals surface area (Å²) in [6, 6.07) is 1.36. The molecular weight excluding hydrogens is 222 g/mol. The molecule has 17 heavy (non-hydrogen) atoms. The maximum absolute atomic E-state index is 11.5. The Morgan fingerprint density at radius 2 is 2.24 bits per heavy atom. The van der Waals surface area contributed by atoms with Crippen LogP contribution in [-0.4, -0.2) is 29.6 Å². The normalized spacial score (nSPS) is 12.0. The number of methoxy groups -OCH3 is 1. The summed E-state index contributed by atoms with van der Waals surface area (Å²) in [6.07, 6.45) is 1.88. The molecule has 6 nitrogen and oxygen atoms in total. The molecule has 0 saturated heterocycles. The Morgan fingerprint density at radius 3 is 2.76 bits per heavy atom. The van der Waals surface area contributed by atoms with Crippen LogP contribution in [-0.2, 0) is 16.6 Å². The van der Waals surface area contributed by atoms with Gasteiger partial charge in [-0.25, -0.2) is 4.79 Å². The predicted molar refractivity (Wildman–Crippen MR) is 63.6 cm³/mol. The highest BCUT2D eigenvalue weighted by atomic mass is 16.5. The van der Waals surface area contributed by atoms with Crippen molar-refractivity contribution in [1.29, 1.82) is 0 Å². The lowest BCUT2D eigenvalue weighted by Gasteiger charge is -2.04. The van der Waals surface area contributed by atoms with E-state index in [2.05, 4.69) is 10.1 Å². The van der Waals surface area contributed by atoms with Gasteiger partial charge < -0.3 is 20.4 Å². The fourth-order valence-corrected chi connectivity index (χ4v) is 1.44. The lowest BCUT2D eigenvalue weighted by Crippen LogP contribution is -2.23. The van der Waals surface area contributed by atoms with E-state index in [9.17, 15) is 9.59 Å². The standard InChI is InChI=1S/C11H17N3O3/c1-7(12)4-10(15)13-8-5-9(11(16)17-3)14(2)6-8/h5-7H,4,12H2,1-3H3,(H,13,15). The zero-order valence-corrected chi connectivity index (χ0v) is 10.2. The van der Waals surface area contributed by atoms with E-state index in [-0.39, 0.29) is 18.4 Å². The molecule has 0 radical (unpaired) electrons. The fraction of sp³-hybridized carbons (Fsp3) is 0.455. The Labute approximate surface area is 99.7 Å². The van der Waals surface area contributed by atoms with Gasteiger partial charge in [0.2, 0.25) is 5.91 Å². The molecule has 0 aromatic carbocycles. The van der Waals surface area contributed by atoms with Crippen molar-refractivity contribution in [1.82, 2.24) is 4.57 Å². The highest BCUT2D eigenvalue weighted by Gasteiger charge is 2.13. The van der Waals surface area contributed by atoms with Gasteiger partial charge in [0.05, 0.1) is 12.8 Å². The predicted octanol–water partition coefficient (Wildman–Crippen LogP) is 0.487. The van der Waals surface area contributed by atoms with Gasteiger partial charge in [-0.05, 0) is 13.0 Å². The number of hydrogen-bond donors (Lipinski definition) is 2. The molecule has 0 saturated carbocycles. The average molecular weight is 239 g/mol. The lowest BCUT2D eigenvalue weighted by molar-refractivity contribution is -0.116. The van der Waals surface area contributed by atoms with Crippen LogP contribution in [0.15, 0.2) is 12.3 Å². The third-order valence-electron chi connectivity index (χ3n) is 2.19. The summed E-state index contributed by atoms with van der Waals surface area (Å²) in [5, 5.41) is 2.67. The average Bonchev–Trinajstić information content (AvgIpc) is 2.56. The van der Waals surface area contributed by atoms with Crippen LogP contribution in [0.5, 0.6) is 0 Å². The van der Waals surface area contributed by atoms with Gasteiger partial charge >= 0.3 is 5.97 Å². The first-order chi connectivity index (χ1) is 7.93. The van der Waals surface area contributed by atoms with E-state index in [0.29, 0.717) is 11.4 Å². The molecule has 1 amide bonds. The van der Waals surface area contributed by atoms with Crippen LogP contribution in [0.1, 0.15) is 23.8 Å². The van der Waals surface area contributed by atoms with Crippen LogP contribution in [0, 0.1) is 0 Å². The van der Waals surface area contributed by atoms with E-state index in [1.807, 2.05) is 0 Å². The molecule has 0 fully saturated rings. The number of carbonyl (C=O) groups is 2. The first-order valence-electron chi connectivity index (χ1n) is 5.24. The van der Waals surface area contributed by atoms with E-state index in [1.165, 1.54) is 7.11 Å². The molecule has 3 N–H and O–H groups in total. The Bertz CT molecular complexity index is 424. The maximum Gasteiger partial charge on any atom is 0.354 e. The molecule has 6 heteroatoms. The number of nitrogens with zero attached hydrogens (tertiary/aromatic N) is 1. The van der Waals surface area contributed by atoms with Crippen molar-refractivity contribution in [2.24, 2.45) is 12.8 Å². The van der Waals surface area contributed by atoms with Crippen molar-refractivity contribution in [3.05, 3.63) is 18.0 Å².